The van der Waals surface area contributed by atoms with E-state index in [0.717, 1.165) is 12.3 Å². The Labute approximate surface area is 139 Å². The SMILES string of the molecule is CN(CC1CC(C2CC2)NN1)C(=O)Nc1n[nH]c(-c2ccco2)n1. The van der Waals surface area contributed by atoms with E-state index in [9.17, 15) is 4.79 Å². The second-order valence-corrected chi connectivity index (χ2v) is 6.46. The molecule has 1 saturated carbocycles. The van der Waals surface area contributed by atoms with E-state index in [4.69, 9.17) is 4.42 Å². The molecule has 0 bridgehead atoms. The molecule has 9 nitrogen and oxygen atoms in total. The molecule has 2 aromatic rings. The van der Waals surface area contributed by atoms with Gasteiger partial charge in [0.05, 0.1) is 6.26 Å². The van der Waals surface area contributed by atoms with E-state index in [0.29, 0.717) is 24.2 Å². The van der Waals surface area contributed by atoms with E-state index < -0.39 is 0 Å². The fourth-order valence-corrected chi connectivity index (χ4v) is 3.02. The van der Waals surface area contributed by atoms with Crippen molar-refractivity contribution in [2.75, 3.05) is 18.9 Å². The van der Waals surface area contributed by atoms with Crippen LogP contribution >= 0.6 is 0 Å². The van der Waals surface area contributed by atoms with Gasteiger partial charge >= 0.3 is 6.03 Å². The van der Waals surface area contributed by atoms with Gasteiger partial charge in [-0.2, -0.15) is 4.98 Å². The van der Waals surface area contributed by atoms with E-state index >= 15 is 0 Å². The maximum Gasteiger partial charge on any atom is 0.324 e. The van der Waals surface area contributed by atoms with Crippen molar-refractivity contribution in [3.05, 3.63) is 18.4 Å². The van der Waals surface area contributed by atoms with Crippen molar-refractivity contribution in [2.24, 2.45) is 5.92 Å². The van der Waals surface area contributed by atoms with E-state index in [1.165, 1.54) is 12.8 Å². The van der Waals surface area contributed by atoms with Crippen molar-refractivity contribution in [1.29, 1.82) is 0 Å². The Morgan fingerprint density at radius 1 is 1.46 bits per heavy atom. The average molecular weight is 331 g/mol. The first-order valence-electron chi connectivity index (χ1n) is 8.18. The van der Waals surface area contributed by atoms with Crippen LogP contribution in [0.5, 0.6) is 0 Å². The molecular formula is C15H21N7O2. The lowest BCUT2D eigenvalue weighted by molar-refractivity contribution is 0.217. The summed E-state index contributed by atoms with van der Waals surface area (Å²) >= 11 is 0. The molecule has 4 rings (SSSR count). The number of aromatic nitrogens is 3. The molecule has 24 heavy (non-hydrogen) atoms. The van der Waals surface area contributed by atoms with E-state index in [2.05, 4.69) is 31.3 Å². The number of hydrogen-bond donors (Lipinski definition) is 4. The first-order valence-corrected chi connectivity index (χ1v) is 8.18. The number of carbonyl (C=O) groups excluding carboxylic acids is 1. The molecule has 2 atom stereocenters. The standard InChI is InChI=1S/C15H21N7O2/c1-22(8-10-7-11(19-18-10)9-4-5-9)15(23)17-14-16-13(20-21-14)12-3-2-6-24-12/h2-3,6,9-11,18-19H,4-5,7-8H2,1H3,(H2,16,17,20,21,23). The number of aromatic amines is 1. The van der Waals surface area contributed by atoms with Gasteiger partial charge in [-0.3, -0.25) is 21.3 Å². The Morgan fingerprint density at radius 2 is 2.33 bits per heavy atom. The van der Waals surface area contributed by atoms with E-state index in [-0.39, 0.29) is 18.0 Å². The average Bonchev–Trinajstić information content (AvgIpc) is 2.99. The highest BCUT2D eigenvalue weighted by Gasteiger charge is 2.36. The van der Waals surface area contributed by atoms with Crippen molar-refractivity contribution < 1.29 is 9.21 Å². The molecule has 2 fully saturated rings. The quantitative estimate of drug-likeness (QED) is 0.654. The molecule has 2 aliphatic rings. The van der Waals surface area contributed by atoms with Crippen LogP contribution in [-0.2, 0) is 0 Å². The Morgan fingerprint density at radius 3 is 3.08 bits per heavy atom. The number of carbonyl (C=O) groups is 1. The van der Waals surface area contributed by atoms with Crippen LogP contribution in [0.15, 0.2) is 22.8 Å². The lowest BCUT2D eigenvalue weighted by Gasteiger charge is -2.20. The predicted molar refractivity (Wildman–Crippen MR) is 86.9 cm³/mol. The summed E-state index contributed by atoms with van der Waals surface area (Å²) in [6.07, 6.45) is 5.23. The van der Waals surface area contributed by atoms with E-state index in [1.54, 1.807) is 30.3 Å². The molecule has 2 unspecified atom stereocenters. The normalized spacial score (nSPS) is 23.4. The minimum absolute atomic E-state index is 0.228. The van der Waals surface area contributed by atoms with E-state index in [1.807, 2.05) is 0 Å². The van der Waals surface area contributed by atoms with Crippen molar-refractivity contribution in [3.8, 4) is 11.6 Å². The summed E-state index contributed by atoms with van der Waals surface area (Å²) in [7, 11) is 1.77. The summed E-state index contributed by atoms with van der Waals surface area (Å²) in [5, 5.41) is 9.42. The van der Waals surface area contributed by atoms with Crippen LogP contribution in [0.1, 0.15) is 19.3 Å². The highest BCUT2D eigenvalue weighted by atomic mass is 16.3. The minimum Gasteiger partial charge on any atom is -0.461 e. The lowest BCUT2D eigenvalue weighted by Crippen LogP contribution is -2.43. The monoisotopic (exact) mass is 331 g/mol. The van der Waals surface area contributed by atoms with Gasteiger partial charge in [0.15, 0.2) is 11.6 Å². The maximum atomic E-state index is 12.3. The Hall–Kier alpha value is -2.39. The van der Waals surface area contributed by atoms with Gasteiger partial charge in [0.25, 0.3) is 5.95 Å². The maximum absolute atomic E-state index is 12.3. The molecule has 2 amide bonds. The van der Waals surface area contributed by atoms with Gasteiger partial charge in [-0.1, -0.05) is 0 Å². The van der Waals surface area contributed by atoms with Gasteiger partial charge in [0.2, 0.25) is 0 Å². The van der Waals surface area contributed by atoms with Crippen LogP contribution in [0.25, 0.3) is 11.6 Å². The third-order valence-corrected chi connectivity index (χ3v) is 4.50. The van der Waals surface area contributed by atoms with Crippen LogP contribution in [0.2, 0.25) is 0 Å². The number of H-pyrrole nitrogens is 1. The first-order chi connectivity index (χ1) is 11.7. The van der Waals surface area contributed by atoms with Crippen molar-refractivity contribution in [2.45, 2.75) is 31.3 Å². The number of furan rings is 1. The number of rotatable bonds is 5. The molecule has 0 spiro atoms. The van der Waals surface area contributed by atoms with Crippen LogP contribution in [-0.4, -0.2) is 51.8 Å². The van der Waals surface area contributed by atoms with Crippen LogP contribution in [0.4, 0.5) is 10.7 Å². The largest absolute Gasteiger partial charge is 0.461 e. The predicted octanol–water partition coefficient (Wildman–Crippen LogP) is 1.17. The molecule has 1 saturated heterocycles. The summed E-state index contributed by atoms with van der Waals surface area (Å²) in [6, 6.07) is 4.10. The molecule has 0 radical (unpaired) electrons. The zero-order valence-electron chi connectivity index (χ0n) is 13.5. The van der Waals surface area contributed by atoms with Crippen LogP contribution < -0.4 is 16.2 Å². The highest BCUT2D eigenvalue weighted by Crippen LogP contribution is 2.35. The zero-order chi connectivity index (χ0) is 16.5. The van der Waals surface area contributed by atoms with Gasteiger partial charge < -0.3 is 9.32 Å². The Kier molecular flexibility index (Phi) is 3.95. The van der Waals surface area contributed by atoms with Gasteiger partial charge in [-0.15, -0.1) is 5.10 Å². The smallest absolute Gasteiger partial charge is 0.324 e. The fourth-order valence-electron chi connectivity index (χ4n) is 3.02. The first kappa shape index (κ1) is 15.2. The number of urea groups is 1. The number of likely N-dealkylation sites (N-methyl/N-ethyl adjacent to an activating group) is 1. The van der Waals surface area contributed by atoms with Gasteiger partial charge in [0, 0.05) is 25.7 Å². The lowest BCUT2D eigenvalue weighted by atomic mass is 10.1. The summed E-state index contributed by atoms with van der Waals surface area (Å²) < 4.78 is 5.24. The fraction of sp³-hybridized carbons (Fsp3) is 0.533. The molecule has 0 aromatic carbocycles. The number of hydrazine groups is 1. The number of hydrogen-bond acceptors (Lipinski definition) is 6. The number of nitrogens with one attached hydrogen (secondary N) is 4. The summed E-state index contributed by atoms with van der Waals surface area (Å²) in [6.45, 7) is 0.623. The van der Waals surface area contributed by atoms with Crippen molar-refractivity contribution in [3.63, 3.8) is 0 Å². The number of amides is 2. The molecule has 1 aliphatic carbocycles. The second kappa shape index (κ2) is 6.25. The third kappa shape index (κ3) is 3.26. The summed E-state index contributed by atoms with van der Waals surface area (Å²) in [5.41, 5.74) is 6.61. The molecule has 9 heteroatoms. The zero-order valence-corrected chi connectivity index (χ0v) is 13.5. The Bertz CT molecular complexity index is 695. The Balaban J connectivity index is 1.29. The van der Waals surface area contributed by atoms with Gasteiger partial charge in [-0.25, -0.2) is 4.79 Å². The van der Waals surface area contributed by atoms with Gasteiger partial charge in [-0.05, 0) is 37.3 Å². The minimum atomic E-state index is -0.239. The van der Waals surface area contributed by atoms with Crippen LogP contribution in [0.3, 0.4) is 0 Å². The number of nitrogens with zero attached hydrogens (tertiary/aromatic N) is 3. The van der Waals surface area contributed by atoms with Crippen LogP contribution in [0, 0.1) is 5.92 Å². The second-order valence-electron chi connectivity index (χ2n) is 6.46. The molecule has 2 aromatic heterocycles. The van der Waals surface area contributed by atoms with Crippen molar-refractivity contribution in [1.82, 2.24) is 30.9 Å². The third-order valence-electron chi connectivity index (χ3n) is 4.50. The number of anilines is 1. The molecule has 128 valence electrons. The molecule has 1 aliphatic heterocycles. The summed E-state index contributed by atoms with van der Waals surface area (Å²) in [4.78, 5) is 18.1. The van der Waals surface area contributed by atoms with Gasteiger partial charge in [0.1, 0.15) is 0 Å². The molecular weight excluding hydrogens is 310 g/mol. The van der Waals surface area contributed by atoms with Crippen molar-refractivity contribution >= 4 is 12.0 Å². The topological polar surface area (TPSA) is 111 Å². The summed E-state index contributed by atoms with van der Waals surface area (Å²) in [5.74, 6) is 2.08. The highest BCUT2D eigenvalue weighted by molar-refractivity contribution is 5.87. The molecule has 3 heterocycles. The molecule has 4 N–H and O–H groups in total.